The monoisotopic (exact) mass is 252 g/mol. The molecule has 1 aromatic carbocycles. The Hall–Kier alpha value is -2.38. The minimum absolute atomic E-state index is 0.419. The molecular formula is C15H16N4. The van der Waals surface area contributed by atoms with Gasteiger partial charge in [0.25, 0.3) is 0 Å². The van der Waals surface area contributed by atoms with E-state index in [1.807, 2.05) is 12.1 Å². The van der Waals surface area contributed by atoms with Crippen LogP contribution >= 0.6 is 0 Å². The maximum absolute atomic E-state index is 8.95. The Morgan fingerprint density at radius 1 is 1.16 bits per heavy atom. The zero-order chi connectivity index (χ0) is 13.5. The molecule has 4 heteroatoms. The van der Waals surface area contributed by atoms with Gasteiger partial charge in [-0.05, 0) is 36.2 Å². The van der Waals surface area contributed by atoms with Gasteiger partial charge in [0.15, 0.2) is 5.69 Å². The van der Waals surface area contributed by atoms with Gasteiger partial charge < -0.3 is 11.1 Å². The summed E-state index contributed by atoms with van der Waals surface area (Å²) in [6.07, 6.45) is 2.51. The van der Waals surface area contributed by atoms with Crippen LogP contribution in [-0.4, -0.2) is 11.5 Å². The normalized spacial score (nSPS) is 9.89. The summed E-state index contributed by atoms with van der Waals surface area (Å²) in [5.41, 5.74) is 9.10. The van der Waals surface area contributed by atoms with Crippen LogP contribution in [0.5, 0.6) is 0 Å². The van der Waals surface area contributed by atoms with E-state index in [9.17, 15) is 0 Å². The third-order valence-corrected chi connectivity index (χ3v) is 2.85. The molecular weight excluding hydrogens is 236 g/mol. The fraction of sp³-hybridized carbons (Fsp3) is 0.200. The molecule has 3 N–H and O–H groups in total. The molecule has 0 spiro atoms. The van der Waals surface area contributed by atoms with E-state index in [1.165, 1.54) is 5.56 Å². The van der Waals surface area contributed by atoms with Gasteiger partial charge in [0, 0.05) is 12.7 Å². The molecule has 0 atom stereocenters. The van der Waals surface area contributed by atoms with Crippen LogP contribution in [0.15, 0.2) is 42.6 Å². The van der Waals surface area contributed by atoms with Crippen molar-refractivity contribution in [3.63, 3.8) is 0 Å². The summed E-state index contributed by atoms with van der Waals surface area (Å²) >= 11 is 0. The predicted octanol–water partition coefficient (Wildman–Crippen LogP) is 2.07. The molecule has 2 aromatic rings. The largest absolute Gasteiger partial charge is 0.379 e. The van der Waals surface area contributed by atoms with Crippen LogP contribution in [0.2, 0.25) is 0 Å². The molecule has 0 bridgehead atoms. The van der Waals surface area contributed by atoms with Crippen LogP contribution in [-0.2, 0) is 13.0 Å². The number of pyridine rings is 1. The average Bonchev–Trinajstić information content (AvgIpc) is 2.47. The first-order valence-corrected chi connectivity index (χ1v) is 6.20. The average molecular weight is 252 g/mol. The lowest BCUT2D eigenvalue weighted by molar-refractivity contribution is 0.966. The molecule has 1 aromatic heterocycles. The van der Waals surface area contributed by atoms with Crippen molar-refractivity contribution in [1.82, 2.24) is 4.98 Å². The van der Waals surface area contributed by atoms with E-state index in [4.69, 9.17) is 11.0 Å². The fourth-order valence-corrected chi connectivity index (χ4v) is 1.82. The van der Waals surface area contributed by atoms with Crippen molar-refractivity contribution in [2.24, 2.45) is 5.73 Å². The SMILES string of the molecule is N#Cc1ncccc1NCc1ccc(CCN)cc1. The molecule has 0 aliphatic rings. The number of anilines is 1. The number of nitrogens with two attached hydrogens (primary N) is 1. The van der Waals surface area contributed by atoms with Crippen LogP contribution in [0.1, 0.15) is 16.8 Å². The first-order valence-electron chi connectivity index (χ1n) is 6.20. The summed E-state index contributed by atoms with van der Waals surface area (Å²) in [6.45, 7) is 1.34. The van der Waals surface area contributed by atoms with E-state index >= 15 is 0 Å². The zero-order valence-electron chi connectivity index (χ0n) is 10.6. The van der Waals surface area contributed by atoms with Gasteiger partial charge in [0.2, 0.25) is 0 Å². The van der Waals surface area contributed by atoms with Crippen LogP contribution in [0.3, 0.4) is 0 Å². The van der Waals surface area contributed by atoms with Crippen molar-refractivity contribution in [3.05, 3.63) is 59.4 Å². The van der Waals surface area contributed by atoms with Crippen LogP contribution in [0, 0.1) is 11.3 Å². The molecule has 0 amide bonds. The van der Waals surface area contributed by atoms with Gasteiger partial charge in [0.1, 0.15) is 6.07 Å². The van der Waals surface area contributed by atoms with Gasteiger partial charge >= 0.3 is 0 Å². The first-order chi connectivity index (χ1) is 9.33. The highest BCUT2D eigenvalue weighted by molar-refractivity contribution is 5.53. The van der Waals surface area contributed by atoms with E-state index < -0.39 is 0 Å². The quantitative estimate of drug-likeness (QED) is 0.854. The Kier molecular flexibility index (Phi) is 4.49. The van der Waals surface area contributed by atoms with Crippen LogP contribution in [0.4, 0.5) is 5.69 Å². The van der Waals surface area contributed by atoms with E-state index in [2.05, 4.69) is 40.6 Å². The molecule has 0 saturated carbocycles. The summed E-state index contributed by atoms with van der Waals surface area (Å²) in [6, 6.07) is 14.0. The Bertz CT molecular complexity index is 569. The highest BCUT2D eigenvalue weighted by atomic mass is 14.9. The number of rotatable bonds is 5. The lowest BCUT2D eigenvalue weighted by Crippen LogP contribution is -2.04. The Morgan fingerprint density at radius 2 is 1.89 bits per heavy atom. The Labute approximate surface area is 112 Å². The Morgan fingerprint density at radius 3 is 2.58 bits per heavy atom. The topological polar surface area (TPSA) is 74.7 Å². The molecule has 4 nitrogen and oxygen atoms in total. The van der Waals surface area contributed by atoms with Crippen molar-refractivity contribution in [3.8, 4) is 6.07 Å². The van der Waals surface area contributed by atoms with E-state index in [-0.39, 0.29) is 0 Å². The summed E-state index contributed by atoms with van der Waals surface area (Å²) in [5, 5.41) is 12.2. The molecule has 1 heterocycles. The first kappa shape index (κ1) is 13.1. The Balaban J connectivity index is 2.00. The second-order valence-electron chi connectivity index (χ2n) is 4.22. The van der Waals surface area contributed by atoms with Crippen molar-refractivity contribution in [2.45, 2.75) is 13.0 Å². The van der Waals surface area contributed by atoms with E-state index in [1.54, 1.807) is 6.20 Å². The molecule has 2 rings (SSSR count). The number of aromatic nitrogens is 1. The molecule has 0 aliphatic heterocycles. The number of nitriles is 1. The van der Waals surface area contributed by atoms with Crippen molar-refractivity contribution < 1.29 is 0 Å². The number of nitrogens with zero attached hydrogens (tertiary/aromatic N) is 2. The molecule has 0 saturated heterocycles. The minimum atomic E-state index is 0.419. The highest BCUT2D eigenvalue weighted by Gasteiger charge is 2.01. The second-order valence-corrected chi connectivity index (χ2v) is 4.22. The minimum Gasteiger partial charge on any atom is -0.379 e. The smallest absolute Gasteiger partial charge is 0.163 e. The van der Waals surface area contributed by atoms with E-state index in [0.717, 1.165) is 17.7 Å². The van der Waals surface area contributed by atoms with Gasteiger partial charge in [-0.15, -0.1) is 0 Å². The molecule has 0 fully saturated rings. The molecule has 0 radical (unpaired) electrons. The third-order valence-electron chi connectivity index (χ3n) is 2.85. The number of hydrogen-bond donors (Lipinski definition) is 2. The van der Waals surface area contributed by atoms with Crippen LogP contribution in [0.25, 0.3) is 0 Å². The number of nitrogens with one attached hydrogen (secondary N) is 1. The summed E-state index contributed by atoms with van der Waals surface area (Å²) in [7, 11) is 0. The van der Waals surface area contributed by atoms with Crippen molar-refractivity contribution in [2.75, 3.05) is 11.9 Å². The van der Waals surface area contributed by atoms with Crippen LogP contribution < -0.4 is 11.1 Å². The predicted molar refractivity (Wildman–Crippen MR) is 75.5 cm³/mol. The second kappa shape index (κ2) is 6.53. The lowest BCUT2D eigenvalue weighted by atomic mass is 10.1. The maximum atomic E-state index is 8.95. The summed E-state index contributed by atoms with van der Waals surface area (Å²) < 4.78 is 0. The van der Waals surface area contributed by atoms with E-state index in [0.29, 0.717) is 18.8 Å². The standard InChI is InChI=1S/C15H16N4/c16-8-7-12-3-5-13(6-4-12)11-19-14-2-1-9-18-15(14)10-17/h1-6,9,19H,7-8,11,16H2. The van der Waals surface area contributed by atoms with Gasteiger partial charge in [-0.25, -0.2) is 4.98 Å². The van der Waals surface area contributed by atoms with Crippen molar-refractivity contribution >= 4 is 5.69 Å². The molecule has 19 heavy (non-hydrogen) atoms. The third kappa shape index (κ3) is 3.54. The zero-order valence-corrected chi connectivity index (χ0v) is 10.6. The molecule has 0 unspecified atom stereocenters. The lowest BCUT2D eigenvalue weighted by Gasteiger charge is -2.08. The number of hydrogen-bond acceptors (Lipinski definition) is 4. The maximum Gasteiger partial charge on any atom is 0.163 e. The molecule has 96 valence electrons. The van der Waals surface area contributed by atoms with Gasteiger partial charge in [0.05, 0.1) is 5.69 Å². The van der Waals surface area contributed by atoms with Gasteiger partial charge in [-0.1, -0.05) is 24.3 Å². The number of benzene rings is 1. The van der Waals surface area contributed by atoms with Gasteiger partial charge in [-0.3, -0.25) is 0 Å². The summed E-state index contributed by atoms with van der Waals surface area (Å²) in [5.74, 6) is 0. The fourth-order valence-electron chi connectivity index (χ4n) is 1.82. The molecule has 0 aliphatic carbocycles. The van der Waals surface area contributed by atoms with Gasteiger partial charge in [-0.2, -0.15) is 5.26 Å². The highest BCUT2D eigenvalue weighted by Crippen LogP contribution is 2.13. The van der Waals surface area contributed by atoms with Crippen molar-refractivity contribution in [1.29, 1.82) is 5.26 Å². The summed E-state index contributed by atoms with van der Waals surface area (Å²) in [4.78, 5) is 4.01.